The summed E-state index contributed by atoms with van der Waals surface area (Å²) in [6, 6.07) is 8.55. The van der Waals surface area contributed by atoms with Crippen molar-refractivity contribution >= 4 is 17.3 Å². The van der Waals surface area contributed by atoms with Gasteiger partial charge in [-0.3, -0.25) is 10.4 Å². The zero-order valence-corrected chi connectivity index (χ0v) is 19.2. The van der Waals surface area contributed by atoms with Gasteiger partial charge in [0.25, 0.3) is 0 Å². The molecule has 0 amide bonds. The number of ether oxygens (including phenoxy) is 2. The number of nitrogens with one attached hydrogen (secondary N) is 3. The third kappa shape index (κ3) is 5.61. The van der Waals surface area contributed by atoms with Crippen LogP contribution in [0.2, 0.25) is 0 Å². The van der Waals surface area contributed by atoms with Crippen LogP contribution in [0.25, 0.3) is 5.82 Å². The first kappa shape index (κ1) is 24.9. The van der Waals surface area contributed by atoms with Crippen molar-refractivity contribution < 1.29 is 13.9 Å². The molecule has 0 saturated carbocycles. The minimum atomic E-state index is -0.987. The fraction of sp³-hybridized carbons (Fsp3) is 0.174. The van der Waals surface area contributed by atoms with Crippen LogP contribution in [-0.2, 0) is 0 Å². The van der Waals surface area contributed by atoms with E-state index in [1.807, 2.05) is 0 Å². The number of anilines is 1. The molecule has 0 aliphatic heterocycles. The highest BCUT2D eigenvalue weighted by Crippen LogP contribution is 2.34. The van der Waals surface area contributed by atoms with Gasteiger partial charge in [0.15, 0.2) is 17.4 Å². The summed E-state index contributed by atoms with van der Waals surface area (Å²) in [5.41, 5.74) is 17.3. The number of hydrogen-bond acceptors (Lipinski definition) is 8. The second kappa shape index (κ2) is 10.9. The Bertz CT molecular complexity index is 1310. The Morgan fingerprint density at radius 3 is 2.63 bits per heavy atom. The molecule has 0 aliphatic carbocycles. The molecule has 1 heterocycles. The van der Waals surface area contributed by atoms with Crippen molar-refractivity contribution in [3.8, 4) is 11.5 Å². The number of nitrogen functional groups attached to an aromatic ring is 1. The highest BCUT2D eigenvalue weighted by molar-refractivity contribution is 5.95. The third-order valence-corrected chi connectivity index (χ3v) is 4.92. The van der Waals surface area contributed by atoms with Gasteiger partial charge in [-0.15, -0.1) is 5.10 Å². The minimum absolute atomic E-state index is 0.00452. The Morgan fingerprint density at radius 1 is 1.31 bits per heavy atom. The Kier molecular flexibility index (Phi) is 7.77. The van der Waals surface area contributed by atoms with Crippen molar-refractivity contribution in [3.05, 3.63) is 88.0 Å². The van der Waals surface area contributed by atoms with Crippen molar-refractivity contribution in [2.45, 2.75) is 13.0 Å². The maximum Gasteiger partial charge on any atom is 0.349 e. The standard InChI is InChI=1S/C23H27FN8O3/c1-3-35-15-11-16(19(24)17(12-15)34-2)20(29-14-8-6-13(7-9-14)21(27)28)22-30-23(33)32(31-22)18(26)5-4-10-25/h4-12,20,29H,3,25-26H2,1-2H3,(H3,27,28)(H,30,31,33)/b10-4-,18-5+. The van der Waals surface area contributed by atoms with Crippen molar-refractivity contribution in [1.29, 1.82) is 5.41 Å². The lowest BCUT2D eigenvalue weighted by atomic mass is 10.0. The lowest BCUT2D eigenvalue weighted by Crippen LogP contribution is -2.21. The van der Waals surface area contributed by atoms with Gasteiger partial charge in [0, 0.05) is 22.9 Å². The Hall–Kier alpha value is -4.74. The maximum atomic E-state index is 15.5. The number of benzene rings is 2. The molecule has 0 spiro atoms. The molecule has 0 aliphatic rings. The van der Waals surface area contributed by atoms with Crippen LogP contribution >= 0.6 is 0 Å². The smallest absolute Gasteiger partial charge is 0.349 e. The van der Waals surface area contributed by atoms with E-state index in [1.54, 1.807) is 31.2 Å². The summed E-state index contributed by atoms with van der Waals surface area (Å²) in [6.45, 7) is 2.14. The monoisotopic (exact) mass is 482 g/mol. The number of aromatic amines is 1. The number of nitrogens with zero attached hydrogens (tertiary/aromatic N) is 2. The Balaban J connectivity index is 2.16. The van der Waals surface area contributed by atoms with Gasteiger partial charge >= 0.3 is 5.69 Å². The summed E-state index contributed by atoms with van der Waals surface area (Å²) in [7, 11) is 1.34. The van der Waals surface area contributed by atoms with Crippen LogP contribution < -0.4 is 37.7 Å². The summed E-state index contributed by atoms with van der Waals surface area (Å²) in [4.78, 5) is 15.2. The van der Waals surface area contributed by atoms with Crippen molar-refractivity contribution in [1.82, 2.24) is 14.8 Å². The quantitative estimate of drug-likeness (QED) is 0.144. The SMILES string of the molecule is CCOc1cc(OC)c(F)c(C(Nc2ccc(C(=N)N)cc2)c2nn(/C(N)=C/C=C\N)c(=O)[nH]2)c1. The molecule has 35 heavy (non-hydrogen) atoms. The molecule has 0 fully saturated rings. The maximum absolute atomic E-state index is 15.5. The number of allylic oxidation sites excluding steroid dienone is 2. The number of H-pyrrole nitrogens is 1. The van der Waals surface area contributed by atoms with E-state index in [1.165, 1.54) is 37.6 Å². The van der Waals surface area contributed by atoms with Gasteiger partial charge in [-0.1, -0.05) is 0 Å². The van der Waals surface area contributed by atoms with E-state index in [4.69, 9.17) is 32.1 Å². The van der Waals surface area contributed by atoms with Crippen molar-refractivity contribution in [3.63, 3.8) is 0 Å². The molecule has 0 radical (unpaired) electrons. The number of nitrogens with two attached hydrogens (primary N) is 3. The zero-order valence-electron chi connectivity index (χ0n) is 19.2. The highest BCUT2D eigenvalue weighted by Gasteiger charge is 2.26. The normalized spacial score (nSPS) is 12.5. The van der Waals surface area contributed by atoms with Crippen molar-refractivity contribution in [2.24, 2.45) is 17.2 Å². The molecule has 184 valence electrons. The van der Waals surface area contributed by atoms with Crippen LogP contribution in [0.5, 0.6) is 11.5 Å². The third-order valence-electron chi connectivity index (χ3n) is 4.92. The van der Waals surface area contributed by atoms with E-state index in [0.29, 0.717) is 23.6 Å². The predicted octanol–water partition coefficient (Wildman–Crippen LogP) is 1.83. The fourth-order valence-corrected chi connectivity index (χ4v) is 3.28. The second-order valence-electron chi connectivity index (χ2n) is 7.23. The number of aromatic nitrogens is 3. The lowest BCUT2D eigenvalue weighted by molar-refractivity contribution is 0.331. The molecule has 1 unspecified atom stereocenters. The van der Waals surface area contributed by atoms with E-state index in [9.17, 15) is 4.79 Å². The molecule has 1 aromatic heterocycles. The molecule has 0 saturated heterocycles. The molecular formula is C23H27FN8O3. The molecule has 1 atom stereocenters. The first-order chi connectivity index (χ1) is 16.8. The van der Waals surface area contributed by atoms with Crippen LogP contribution in [0.4, 0.5) is 10.1 Å². The van der Waals surface area contributed by atoms with Crippen LogP contribution in [-0.4, -0.2) is 34.3 Å². The average molecular weight is 483 g/mol. The van der Waals surface area contributed by atoms with Gasteiger partial charge in [0.2, 0.25) is 0 Å². The average Bonchev–Trinajstić information content (AvgIpc) is 3.23. The molecule has 2 aromatic carbocycles. The summed E-state index contributed by atoms with van der Waals surface area (Å²) >= 11 is 0. The molecule has 3 aromatic rings. The molecule has 0 bridgehead atoms. The molecule has 3 rings (SSSR count). The second-order valence-corrected chi connectivity index (χ2v) is 7.23. The van der Waals surface area contributed by atoms with Crippen molar-refractivity contribution in [2.75, 3.05) is 19.0 Å². The van der Waals surface area contributed by atoms with E-state index >= 15 is 4.39 Å². The number of rotatable bonds is 10. The molecule has 9 N–H and O–H groups in total. The van der Waals surface area contributed by atoms with Gasteiger partial charge in [-0.05, 0) is 55.6 Å². The molecule has 11 nitrogen and oxygen atoms in total. The first-order valence-electron chi connectivity index (χ1n) is 10.5. The van der Waals surface area contributed by atoms with E-state index in [-0.39, 0.29) is 28.8 Å². The highest BCUT2D eigenvalue weighted by atomic mass is 19.1. The predicted molar refractivity (Wildman–Crippen MR) is 132 cm³/mol. The van der Waals surface area contributed by atoms with Crippen LogP contribution in [0, 0.1) is 11.2 Å². The lowest BCUT2D eigenvalue weighted by Gasteiger charge is -2.21. The Labute approximate surface area is 200 Å². The number of halogens is 1. The Morgan fingerprint density at radius 2 is 2.03 bits per heavy atom. The zero-order chi connectivity index (χ0) is 25.5. The molecular weight excluding hydrogens is 455 g/mol. The molecule has 12 heteroatoms. The van der Waals surface area contributed by atoms with Gasteiger partial charge < -0.3 is 32.0 Å². The first-order valence-corrected chi connectivity index (χ1v) is 10.5. The number of methoxy groups -OCH3 is 1. The van der Waals surface area contributed by atoms with E-state index in [0.717, 1.165) is 4.68 Å². The summed E-state index contributed by atoms with van der Waals surface area (Å²) in [5, 5.41) is 15.0. The summed E-state index contributed by atoms with van der Waals surface area (Å²) in [6.07, 6.45) is 4.09. The minimum Gasteiger partial charge on any atom is -0.494 e. The summed E-state index contributed by atoms with van der Waals surface area (Å²) < 4.78 is 27.2. The summed E-state index contributed by atoms with van der Waals surface area (Å²) in [5.74, 6) is -0.352. The van der Waals surface area contributed by atoms with Gasteiger partial charge in [0.1, 0.15) is 23.4 Å². The number of hydrogen-bond donors (Lipinski definition) is 6. The topological polar surface area (TPSA) is 183 Å². The van der Waals surface area contributed by atoms with Crippen LogP contribution in [0.1, 0.15) is 29.9 Å². The van der Waals surface area contributed by atoms with E-state index in [2.05, 4.69) is 15.4 Å². The van der Waals surface area contributed by atoms with Gasteiger partial charge in [0.05, 0.1) is 13.7 Å². The van der Waals surface area contributed by atoms with Gasteiger partial charge in [-0.25, -0.2) is 9.18 Å². The largest absolute Gasteiger partial charge is 0.494 e. The fourth-order valence-electron chi connectivity index (χ4n) is 3.28. The number of amidine groups is 1. The van der Waals surface area contributed by atoms with Crippen LogP contribution in [0.15, 0.2) is 59.5 Å². The van der Waals surface area contributed by atoms with E-state index < -0.39 is 17.5 Å². The van der Waals surface area contributed by atoms with Gasteiger partial charge in [-0.2, -0.15) is 4.68 Å². The van der Waals surface area contributed by atoms with Crippen LogP contribution in [0.3, 0.4) is 0 Å².